The number of para-hydroxylation sites is 1. The largest absolute Gasteiger partial charge is 0.496 e. The topological polar surface area (TPSA) is 29.5 Å². The maximum absolute atomic E-state index is 11.0. The fraction of sp³-hybridized carbons (Fsp3) is 0.647. The summed E-state index contributed by atoms with van der Waals surface area (Å²) in [5, 5.41) is 11.0. The zero-order valence-electron chi connectivity index (χ0n) is 12.4. The Kier molecular flexibility index (Phi) is 4.51. The highest BCUT2D eigenvalue weighted by atomic mass is 16.5. The Labute approximate surface area is 116 Å². The Bertz CT molecular complexity index is 403. The van der Waals surface area contributed by atoms with Gasteiger partial charge in [-0.05, 0) is 37.7 Å². The number of rotatable bonds is 4. The molecule has 0 amide bonds. The molecule has 0 spiro atoms. The van der Waals surface area contributed by atoms with E-state index in [2.05, 4.69) is 6.92 Å². The van der Waals surface area contributed by atoms with Crippen molar-refractivity contribution in [2.45, 2.75) is 51.6 Å². The first-order valence-corrected chi connectivity index (χ1v) is 7.45. The lowest BCUT2D eigenvalue weighted by Crippen LogP contribution is -2.35. The summed E-state index contributed by atoms with van der Waals surface area (Å²) in [5.74, 6) is 1.99. The van der Waals surface area contributed by atoms with Crippen LogP contribution in [-0.2, 0) is 5.60 Å². The molecule has 1 aromatic carbocycles. The van der Waals surface area contributed by atoms with Crippen LogP contribution in [0.3, 0.4) is 0 Å². The van der Waals surface area contributed by atoms with Gasteiger partial charge in [-0.1, -0.05) is 44.4 Å². The van der Waals surface area contributed by atoms with E-state index >= 15 is 0 Å². The average Bonchev–Trinajstić information content (AvgIpc) is 2.47. The van der Waals surface area contributed by atoms with Crippen LogP contribution in [0.2, 0.25) is 0 Å². The summed E-state index contributed by atoms with van der Waals surface area (Å²) >= 11 is 0. The monoisotopic (exact) mass is 262 g/mol. The van der Waals surface area contributed by atoms with Crippen molar-refractivity contribution in [3.05, 3.63) is 29.8 Å². The summed E-state index contributed by atoms with van der Waals surface area (Å²) in [6, 6.07) is 7.85. The third-order valence-corrected chi connectivity index (χ3v) is 4.87. The summed E-state index contributed by atoms with van der Waals surface area (Å²) < 4.78 is 5.40. The Balaban J connectivity index is 2.18. The third kappa shape index (κ3) is 2.94. The molecule has 1 atom stereocenters. The van der Waals surface area contributed by atoms with Crippen LogP contribution in [0, 0.1) is 11.8 Å². The van der Waals surface area contributed by atoms with Crippen LogP contribution in [0.1, 0.15) is 51.5 Å². The van der Waals surface area contributed by atoms with Crippen LogP contribution in [0.15, 0.2) is 24.3 Å². The van der Waals surface area contributed by atoms with Crippen molar-refractivity contribution in [3.63, 3.8) is 0 Å². The lowest BCUT2D eigenvalue weighted by Gasteiger charge is -2.38. The van der Waals surface area contributed by atoms with Gasteiger partial charge in [-0.3, -0.25) is 0 Å². The van der Waals surface area contributed by atoms with E-state index in [0.717, 1.165) is 30.1 Å². The molecular formula is C17H26O2. The predicted molar refractivity (Wildman–Crippen MR) is 78.3 cm³/mol. The molecule has 1 fully saturated rings. The molecule has 2 rings (SSSR count). The number of hydrogen-bond acceptors (Lipinski definition) is 2. The van der Waals surface area contributed by atoms with Gasteiger partial charge in [0.05, 0.1) is 12.7 Å². The number of methoxy groups -OCH3 is 1. The number of benzene rings is 1. The van der Waals surface area contributed by atoms with Gasteiger partial charge >= 0.3 is 0 Å². The first-order valence-electron chi connectivity index (χ1n) is 7.45. The van der Waals surface area contributed by atoms with E-state index < -0.39 is 5.60 Å². The van der Waals surface area contributed by atoms with E-state index in [1.165, 1.54) is 19.3 Å². The van der Waals surface area contributed by atoms with Crippen LogP contribution < -0.4 is 4.74 Å². The Morgan fingerprint density at radius 3 is 2.42 bits per heavy atom. The fourth-order valence-electron chi connectivity index (χ4n) is 3.42. The number of ether oxygens (including phenoxy) is 1. The molecule has 0 radical (unpaired) electrons. The molecule has 1 aliphatic carbocycles. The second-order valence-electron chi connectivity index (χ2n) is 5.97. The highest BCUT2D eigenvalue weighted by Gasteiger charge is 2.37. The van der Waals surface area contributed by atoms with Crippen molar-refractivity contribution in [1.29, 1.82) is 0 Å². The Hall–Kier alpha value is -1.02. The molecule has 1 aromatic rings. The van der Waals surface area contributed by atoms with Gasteiger partial charge in [0, 0.05) is 5.56 Å². The van der Waals surface area contributed by atoms with Gasteiger partial charge in [-0.15, -0.1) is 0 Å². The quantitative estimate of drug-likeness (QED) is 0.884. The molecular weight excluding hydrogens is 236 g/mol. The standard InChI is InChI=1S/C17H26O2/c1-4-13-9-11-14(12-10-13)17(2,18)15-7-5-6-8-16(15)19-3/h5-8,13-14,18H,4,9-12H2,1-3H3. The van der Waals surface area contributed by atoms with Crippen LogP contribution >= 0.6 is 0 Å². The molecule has 1 saturated carbocycles. The van der Waals surface area contributed by atoms with Crippen molar-refractivity contribution in [1.82, 2.24) is 0 Å². The molecule has 0 aliphatic heterocycles. The summed E-state index contributed by atoms with van der Waals surface area (Å²) in [7, 11) is 1.67. The van der Waals surface area contributed by atoms with Gasteiger partial charge in [0.25, 0.3) is 0 Å². The van der Waals surface area contributed by atoms with Crippen molar-refractivity contribution >= 4 is 0 Å². The zero-order valence-corrected chi connectivity index (χ0v) is 12.4. The van der Waals surface area contributed by atoms with Crippen LogP contribution in [0.5, 0.6) is 5.75 Å². The van der Waals surface area contributed by atoms with Gasteiger partial charge in [0.2, 0.25) is 0 Å². The maximum Gasteiger partial charge on any atom is 0.124 e. The van der Waals surface area contributed by atoms with Crippen molar-refractivity contribution < 1.29 is 9.84 Å². The highest BCUT2D eigenvalue weighted by molar-refractivity contribution is 5.38. The van der Waals surface area contributed by atoms with E-state index in [0.29, 0.717) is 5.92 Å². The van der Waals surface area contributed by atoms with Gasteiger partial charge < -0.3 is 9.84 Å². The van der Waals surface area contributed by atoms with Crippen molar-refractivity contribution in [2.75, 3.05) is 7.11 Å². The summed E-state index contributed by atoms with van der Waals surface area (Å²) in [6.07, 6.45) is 5.98. The third-order valence-electron chi connectivity index (χ3n) is 4.87. The molecule has 2 nitrogen and oxygen atoms in total. The van der Waals surface area contributed by atoms with Crippen LogP contribution in [0.25, 0.3) is 0 Å². The minimum absolute atomic E-state index is 0.339. The molecule has 0 bridgehead atoms. The Morgan fingerprint density at radius 2 is 1.84 bits per heavy atom. The molecule has 2 heteroatoms. The number of hydrogen-bond donors (Lipinski definition) is 1. The molecule has 1 N–H and O–H groups in total. The van der Waals surface area contributed by atoms with Gasteiger partial charge in [-0.2, -0.15) is 0 Å². The normalized spacial score (nSPS) is 26.7. The molecule has 0 saturated heterocycles. The lowest BCUT2D eigenvalue weighted by atomic mass is 9.71. The second-order valence-corrected chi connectivity index (χ2v) is 5.97. The molecule has 0 heterocycles. The van der Waals surface area contributed by atoms with Crippen molar-refractivity contribution in [2.24, 2.45) is 11.8 Å². The molecule has 1 unspecified atom stereocenters. The minimum Gasteiger partial charge on any atom is -0.496 e. The minimum atomic E-state index is -0.786. The van der Waals surface area contributed by atoms with E-state index in [-0.39, 0.29) is 0 Å². The average molecular weight is 262 g/mol. The van der Waals surface area contributed by atoms with E-state index in [9.17, 15) is 5.11 Å². The lowest BCUT2D eigenvalue weighted by molar-refractivity contribution is -0.0292. The van der Waals surface area contributed by atoms with Crippen LogP contribution in [0.4, 0.5) is 0 Å². The van der Waals surface area contributed by atoms with Crippen LogP contribution in [-0.4, -0.2) is 12.2 Å². The van der Waals surface area contributed by atoms with E-state index in [1.54, 1.807) is 7.11 Å². The SMILES string of the molecule is CCC1CCC(C(C)(O)c2ccccc2OC)CC1. The van der Waals surface area contributed by atoms with Gasteiger partial charge in [0.15, 0.2) is 0 Å². The smallest absolute Gasteiger partial charge is 0.124 e. The van der Waals surface area contributed by atoms with Gasteiger partial charge in [0.1, 0.15) is 5.75 Å². The van der Waals surface area contributed by atoms with E-state index in [4.69, 9.17) is 4.74 Å². The van der Waals surface area contributed by atoms with E-state index in [1.807, 2.05) is 31.2 Å². The summed E-state index contributed by atoms with van der Waals surface area (Å²) in [4.78, 5) is 0. The van der Waals surface area contributed by atoms with Crippen molar-refractivity contribution in [3.8, 4) is 5.75 Å². The predicted octanol–water partition coefficient (Wildman–Crippen LogP) is 4.12. The first kappa shape index (κ1) is 14.4. The van der Waals surface area contributed by atoms with Gasteiger partial charge in [-0.25, -0.2) is 0 Å². The second kappa shape index (κ2) is 5.96. The molecule has 1 aliphatic rings. The molecule has 0 aromatic heterocycles. The molecule has 19 heavy (non-hydrogen) atoms. The first-order chi connectivity index (χ1) is 9.09. The Morgan fingerprint density at radius 1 is 1.21 bits per heavy atom. The highest BCUT2D eigenvalue weighted by Crippen LogP contribution is 2.43. The maximum atomic E-state index is 11.0. The number of aliphatic hydroxyl groups is 1. The summed E-state index contributed by atoms with van der Waals surface area (Å²) in [5.41, 5.74) is 0.142. The molecule has 106 valence electrons. The fourth-order valence-corrected chi connectivity index (χ4v) is 3.42. The zero-order chi connectivity index (χ0) is 13.9. The summed E-state index contributed by atoms with van der Waals surface area (Å²) in [6.45, 7) is 4.21.